The second kappa shape index (κ2) is 8.66. The Balaban J connectivity index is 2.13. The number of aromatic amines is 1. The molecule has 3 rings (SSSR count). The number of fused-ring (bicyclic) bond motifs is 1. The summed E-state index contributed by atoms with van der Waals surface area (Å²) in [6.45, 7) is 1.05. The number of aromatic nitrogens is 3. The third-order valence-electron chi connectivity index (χ3n) is 4.32. The SMILES string of the molecule is COCCN(c1cc(OC)c(OC)c(OC)c1)c1n[nH]c2nc(OC)ccc12. The van der Waals surface area contributed by atoms with Gasteiger partial charge in [-0.25, -0.2) is 0 Å². The molecule has 0 aliphatic carbocycles. The Morgan fingerprint density at radius 1 is 0.929 bits per heavy atom. The fourth-order valence-corrected chi connectivity index (χ4v) is 2.96. The summed E-state index contributed by atoms with van der Waals surface area (Å²) in [4.78, 5) is 6.40. The van der Waals surface area contributed by atoms with E-state index in [9.17, 15) is 0 Å². The zero-order valence-corrected chi connectivity index (χ0v) is 16.6. The Bertz CT molecular complexity index is 918. The topological polar surface area (TPSA) is 91.0 Å². The number of methoxy groups -OCH3 is 5. The highest BCUT2D eigenvalue weighted by Gasteiger charge is 2.21. The predicted molar refractivity (Wildman–Crippen MR) is 105 cm³/mol. The Morgan fingerprint density at radius 3 is 2.21 bits per heavy atom. The highest BCUT2D eigenvalue weighted by atomic mass is 16.5. The highest BCUT2D eigenvalue weighted by Crippen LogP contribution is 2.43. The largest absolute Gasteiger partial charge is 0.493 e. The van der Waals surface area contributed by atoms with E-state index in [1.54, 1.807) is 41.6 Å². The van der Waals surface area contributed by atoms with Gasteiger partial charge >= 0.3 is 0 Å². The van der Waals surface area contributed by atoms with Crippen LogP contribution in [0, 0.1) is 0 Å². The van der Waals surface area contributed by atoms with Gasteiger partial charge in [0.2, 0.25) is 11.6 Å². The van der Waals surface area contributed by atoms with Crippen molar-refractivity contribution in [1.29, 1.82) is 0 Å². The maximum absolute atomic E-state index is 5.49. The molecule has 3 aromatic rings. The maximum Gasteiger partial charge on any atom is 0.214 e. The molecule has 28 heavy (non-hydrogen) atoms. The number of H-pyrrole nitrogens is 1. The number of hydrogen-bond donors (Lipinski definition) is 1. The molecule has 0 radical (unpaired) electrons. The summed E-state index contributed by atoms with van der Waals surface area (Å²) in [5.41, 5.74) is 1.44. The van der Waals surface area contributed by atoms with Crippen LogP contribution in [0.1, 0.15) is 0 Å². The summed E-state index contributed by atoms with van der Waals surface area (Å²) in [5.74, 6) is 2.85. The summed E-state index contributed by atoms with van der Waals surface area (Å²) in [7, 11) is 7.97. The summed E-state index contributed by atoms with van der Waals surface area (Å²) in [6.07, 6.45) is 0. The van der Waals surface area contributed by atoms with Crippen LogP contribution in [0.2, 0.25) is 0 Å². The Kier molecular flexibility index (Phi) is 6.05. The predicted octanol–water partition coefficient (Wildman–Crippen LogP) is 2.78. The zero-order chi connectivity index (χ0) is 20.1. The monoisotopic (exact) mass is 388 g/mol. The van der Waals surface area contributed by atoms with Crippen LogP contribution < -0.4 is 23.8 Å². The molecule has 0 unspecified atom stereocenters. The first kappa shape index (κ1) is 19.6. The van der Waals surface area contributed by atoms with E-state index in [-0.39, 0.29) is 0 Å². The molecule has 0 atom stereocenters. The van der Waals surface area contributed by atoms with E-state index in [0.29, 0.717) is 47.7 Å². The molecule has 0 bridgehead atoms. The van der Waals surface area contributed by atoms with Crippen LogP contribution in [-0.2, 0) is 4.74 Å². The lowest BCUT2D eigenvalue weighted by Crippen LogP contribution is -2.22. The zero-order valence-electron chi connectivity index (χ0n) is 16.6. The number of nitrogens with zero attached hydrogens (tertiary/aromatic N) is 3. The van der Waals surface area contributed by atoms with Crippen molar-refractivity contribution in [3.8, 4) is 23.1 Å². The van der Waals surface area contributed by atoms with Crippen LogP contribution in [0.4, 0.5) is 11.5 Å². The maximum atomic E-state index is 5.49. The van der Waals surface area contributed by atoms with Gasteiger partial charge in [0.15, 0.2) is 23.0 Å². The molecule has 9 heteroatoms. The van der Waals surface area contributed by atoms with E-state index in [1.165, 1.54) is 0 Å². The molecule has 2 aromatic heterocycles. The van der Waals surface area contributed by atoms with E-state index >= 15 is 0 Å². The van der Waals surface area contributed by atoms with Crippen molar-refractivity contribution in [3.63, 3.8) is 0 Å². The van der Waals surface area contributed by atoms with E-state index in [0.717, 1.165) is 11.1 Å². The number of pyridine rings is 1. The number of rotatable bonds is 9. The third kappa shape index (κ3) is 3.61. The van der Waals surface area contributed by atoms with Crippen LogP contribution in [0.15, 0.2) is 24.3 Å². The average molecular weight is 388 g/mol. The molecule has 1 N–H and O–H groups in total. The van der Waals surface area contributed by atoms with Crippen molar-refractivity contribution < 1.29 is 23.7 Å². The van der Waals surface area contributed by atoms with Gasteiger partial charge < -0.3 is 28.6 Å². The number of anilines is 2. The second-order valence-corrected chi connectivity index (χ2v) is 5.82. The van der Waals surface area contributed by atoms with Gasteiger partial charge in [0, 0.05) is 31.9 Å². The first-order chi connectivity index (χ1) is 13.7. The second-order valence-electron chi connectivity index (χ2n) is 5.82. The Morgan fingerprint density at radius 2 is 1.64 bits per heavy atom. The molecule has 0 spiro atoms. The fraction of sp³-hybridized carbons (Fsp3) is 0.368. The van der Waals surface area contributed by atoms with Crippen molar-refractivity contribution in [2.45, 2.75) is 0 Å². The average Bonchev–Trinajstić information content (AvgIpc) is 3.16. The number of nitrogens with one attached hydrogen (secondary N) is 1. The number of benzene rings is 1. The molecule has 2 heterocycles. The Hall–Kier alpha value is -3.20. The first-order valence-corrected chi connectivity index (χ1v) is 8.62. The van der Waals surface area contributed by atoms with Gasteiger partial charge in [0.1, 0.15) is 0 Å². The molecular formula is C19H24N4O5. The number of ether oxygens (including phenoxy) is 5. The molecule has 0 aliphatic rings. The van der Waals surface area contributed by atoms with Gasteiger partial charge in [0.05, 0.1) is 46.1 Å². The van der Waals surface area contributed by atoms with Crippen molar-refractivity contribution in [1.82, 2.24) is 15.2 Å². The van der Waals surface area contributed by atoms with E-state index in [2.05, 4.69) is 15.2 Å². The molecular weight excluding hydrogens is 364 g/mol. The minimum Gasteiger partial charge on any atom is -0.493 e. The van der Waals surface area contributed by atoms with Gasteiger partial charge in [-0.05, 0) is 6.07 Å². The summed E-state index contributed by atoms with van der Waals surface area (Å²) >= 11 is 0. The van der Waals surface area contributed by atoms with Crippen molar-refractivity contribution in [2.75, 3.05) is 53.6 Å². The quantitative estimate of drug-likeness (QED) is 0.598. The van der Waals surface area contributed by atoms with Crippen LogP contribution in [0.25, 0.3) is 11.0 Å². The van der Waals surface area contributed by atoms with Gasteiger partial charge in [-0.1, -0.05) is 0 Å². The summed E-state index contributed by atoms with van der Waals surface area (Å²) in [6, 6.07) is 7.45. The van der Waals surface area contributed by atoms with Crippen LogP contribution in [-0.4, -0.2) is 63.9 Å². The normalized spacial score (nSPS) is 10.8. The van der Waals surface area contributed by atoms with Gasteiger partial charge in [-0.2, -0.15) is 10.1 Å². The van der Waals surface area contributed by atoms with Crippen molar-refractivity contribution in [3.05, 3.63) is 24.3 Å². The smallest absolute Gasteiger partial charge is 0.214 e. The first-order valence-electron chi connectivity index (χ1n) is 8.62. The third-order valence-corrected chi connectivity index (χ3v) is 4.32. The molecule has 9 nitrogen and oxygen atoms in total. The van der Waals surface area contributed by atoms with E-state index in [1.807, 2.05) is 23.1 Å². The summed E-state index contributed by atoms with van der Waals surface area (Å²) < 4.78 is 26.9. The minimum atomic E-state index is 0.495. The van der Waals surface area contributed by atoms with Crippen molar-refractivity contribution in [2.24, 2.45) is 0 Å². The van der Waals surface area contributed by atoms with Crippen LogP contribution in [0.3, 0.4) is 0 Å². The van der Waals surface area contributed by atoms with Crippen LogP contribution in [0.5, 0.6) is 23.1 Å². The fourth-order valence-electron chi connectivity index (χ4n) is 2.96. The Labute approximate surface area is 163 Å². The standard InChI is InChI=1S/C19H24N4O5/c1-24-9-8-23(12-10-14(25-2)17(28-5)15(11-12)26-3)19-13-6-7-16(27-4)20-18(13)21-22-19/h6-7,10-11H,8-9H2,1-5H3,(H,20,21,22). The lowest BCUT2D eigenvalue weighted by atomic mass is 10.2. The molecule has 0 saturated carbocycles. The van der Waals surface area contributed by atoms with Gasteiger partial charge in [-0.15, -0.1) is 0 Å². The molecule has 150 valence electrons. The van der Waals surface area contributed by atoms with Crippen LogP contribution >= 0.6 is 0 Å². The molecule has 1 aromatic carbocycles. The van der Waals surface area contributed by atoms with Crippen molar-refractivity contribution >= 4 is 22.5 Å². The van der Waals surface area contributed by atoms with E-state index in [4.69, 9.17) is 23.7 Å². The van der Waals surface area contributed by atoms with E-state index < -0.39 is 0 Å². The molecule has 0 fully saturated rings. The molecule has 0 amide bonds. The molecule has 0 saturated heterocycles. The lowest BCUT2D eigenvalue weighted by Gasteiger charge is -2.24. The summed E-state index contributed by atoms with van der Waals surface area (Å²) in [5, 5.41) is 8.28. The highest BCUT2D eigenvalue weighted by molar-refractivity contribution is 5.90. The molecule has 0 aliphatic heterocycles. The van der Waals surface area contributed by atoms with Gasteiger partial charge in [0.25, 0.3) is 0 Å². The number of hydrogen-bond acceptors (Lipinski definition) is 8. The lowest BCUT2D eigenvalue weighted by molar-refractivity contribution is 0.207. The van der Waals surface area contributed by atoms with Gasteiger partial charge in [-0.3, -0.25) is 5.10 Å². The minimum absolute atomic E-state index is 0.495.